The van der Waals surface area contributed by atoms with Crippen molar-refractivity contribution in [3.05, 3.63) is 164 Å². The quantitative estimate of drug-likeness (QED) is 0.201. The molecule has 0 aliphatic rings. The van der Waals surface area contributed by atoms with Crippen molar-refractivity contribution < 1.29 is 4.42 Å². The molecule has 0 saturated heterocycles. The lowest BCUT2D eigenvalue weighted by Crippen LogP contribution is -2.02. The Morgan fingerprint density at radius 2 is 1.04 bits per heavy atom. The second-order valence-electron chi connectivity index (χ2n) is 11.4. The van der Waals surface area contributed by atoms with Crippen LogP contribution in [0.1, 0.15) is 0 Å². The Kier molecular flexibility index (Phi) is 6.10. The maximum absolute atomic E-state index is 6.95. The maximum atomic E-state index is 6.95. The molecule has 0 atom stereocenters. The Morgan fingerprint density at radius 3 is 1.74 bits per heavy atom. The topological polar surface area (TPSA) is 43.9 Å². The number of fused-ring (bicyclic) bond motifs is 5. The monoisotopic (exact) mass is 589 g/mol. The molecule has 4 nitrogen and oxygen atoms in total. The molecule has 0 bridgehead atoms. The van der Waals surface area contributed by atoms with Gasteiger partial charge < -0.3 is 4.42 Å². The fourth-order valence-corrected chi connectivity index (χ4v) is 6.56. The first-order chi connectivity index (χ1) is 22.8. The molecule has 0 unspecified atom stereocenters. The van der Waals surface area contributed by atoms with E-state index in [1.165, 1.54) is 0 Å². The molecular formula is C42H27N3O. The zero-order valence-electron chi connectivity index (χ0n) is 24.8. The molecule has 216 valence electrons. The van der Waals surface area contributed by atoms with Crippen LogP contribution < -0.4 is 0 Å². The molecule has 46 heavy (non-hydrogen) atoms. The largest absolute Gasteiger partial charge is 0.455 e. The van der Waals surface area contributed by atoms with Crippen LogP contribution in [0.3, 0.4) is 0 Å². The first-order valence-corrected chi connectivity index (χ1v) is 15.4. The minimum atomic E-state index is 0.680. The summed E-state index contributed by atoms with van der Waals surface area (Å²) in [4.78, 5) is 10.2. The van der Waals surface area contributed by atoms with Gasteiger partial charge in [-0.1, -0.05) is 140 Å². The van der Waals surface area contributed by atoms with Crippen LogP contribution >= 0.6 is 0 Å². The van der Waals surface area contributed by atoms with E-state index in [1.54, 1.807) is 0 Å². The molecule has 0 N–H and O–H groups in total. The van der Waals surface area contributed by atoms with Gasteiger partial charge in [0.2, 0.25) is 0 Å². The molecule has 3 aromatic heterocycles. The van der Waals surface area contributed by atoms with E-state index in [9.17, 15) is 0 Å². The number of rotatable bonds is 5. The number of nitrogens with zero attached hydrogens (tertiary/aromatic N) is 3. The lowest BCUT2D eigenvalue weighted by Gasteiger charge is -2.12. The first-order valence-electron chi connectivity index (χ1n) is 15.4. The lowest BCUT2D eigenvalue weighted by molar-refractivity contribution is 0.636. The van der Waals surface area contributed by atoms with Crippen molar-refractivity contribution in [2.45, 2.75) is 0 Å². The number of hydrogen-bond donors (Lipinski definition) is 0. The van der Waals surface area contributed by atoms with E-state index < -0.39 is 0 Å². The zero-order chi connectivity index (χ0) is 30.5. The summed E-state index contributed by atoms with van der Waals surface area (Å²) in [5.41, 5.74) is 9.09. The summed E-state index contributed by atoms with van der Waals surface area (Å²) >= 11 is 0. The van der Waals surface area contributed by atoms with Crippen molar-refractivity contribution in [2.24, 2.45) is 0 Å². The van der Waals surface area contributed by atoms with Crippen molar-refractivity contribution in [1.82, 2.24) is 14.5 Å². The highest BCUT2D eigenvalue weighted by atomic mass is 16.3. The molecule has 0 fully saturated rings. The summed E-state index contributed by atoms with van der Waals surface area (Å²) in [5.74, 6) is 2.35. The van der Waals surface area contributed by atoms with Crippen LogP contribution in [0.25, 0.3) is 83.7 Å². The van der Waals surface area contributed by atoms with E-state index in [1.807, 2.05) is 42.5 Å². The molecule has 4 heteroatoms. The fourth-order valence-electron chi connectivity index (χ4n) is 6.56. The summed E-state index contributed by atoms with van der Waals surface area (Å²) in [6.07, 6.45) is 0. The minimum Gasteiger partial charge on any atom is -0.455 e. The van der Waals surface area contributed by atoms with E-state index in [2.05, 4.69) is 126 Å². The number of aromatic nitrogens is 3. The second-order valence-corrected chi connectivity index (χ2v) is 11.4. The molecule has 0 aliphatic carbocycles. The third-order valence-corrected chi connectivity index (χ3v) is 8.63. The molecule has 0 aliphatic heterocycles. The summed E-state index contributed by atoms with van der Waals surface area (Å²) in [6.45, 7) is 0. The van der Waals surface area contributed by atoms with Crippen LogP contribution in [0.4, 0.5) is 0 Å². The Labute approximate surface area is 265 Å². The second kappa shape index (κ2) is 10.7. The third-order valence-electron chi connectivity index (χ3n) is 8.63. The summed E-state index contributed by atoms with van der Waals surface area (Å²) in [5, 5.41) is 3.25. The van der Waals surface area contributed by atoms with Gasteiger partial charge in [-0.05, 0) is 23.8 Å². The van der Waals surface area contributed by atoms with E-state index in [-0.39, 0.29) is 0 Å². The van der Waals surface area contributed by atoms with Crippen LogP contribution in [0.15, 0.2) is 168 Å². The van der Waals surface area contributed by atoms with Gasteiger partial charge in [0.25, 0.3) is 0 Å². The fraction of sp³-hybridized carbons (Fsp3) is 0. The van der Waals surface area contributed by atoms with E-state index in [0.717, 1.165) is 77.9 Å². The average molecular weight is 590 g/mol. The van der Waals surface area contributed by atoms with Gasteiger partial charge in [-0.2, -0.15) is 0 Å². The zero-order valence-corrected chi connectivity index (χ0v) is 24.8. The highest BCUT2D eigenvalue weighted by Gasteiger charge is 2.24. The highest BCUT2D eigenvalue weighted by molar-refractivity contribution is 6.22. The van der Waals surface area contributed by atoms with Crippen LogP contribution in [-0.2, 0) is 0 Å². The summed E-state index contributed by atoms with van der Waals surface area (Å²) in [7, 11) is 0. The van der Waals surface area contributed by atoms with Crippen molar-refractivity contribution >= 4 is 32.8 Å². The van der Waals surface area contributed by atoms with Crippen LogP contribution in [0.5, 0.6) is 0 Å². The van der Waals surface area contributed by atoms with Crippen molar-refractivity contribution in [3.8, 4) is 50.9 Å². The van der Waals surface area contributed by atoms with Crippen LogP contribution in [-0.4, -0.2) is 14.5 Å². The van der Waals surface area contributed by atoms with Gasteiger partial charge in [0.05, 0.1) is 22.1 Å². The number of hydrogen-bond acceptors (Lipinski definition) is 3. The molecule has 0 amide bonds. The summed E-state index contributed by atoms with van der Waals surface area (Å²) in [6, 6.07) is 56.4. The Bertz CT molecular complexity index is 2440. The Morgan fingerprint density at radius 1 is 0.457 bits per heavy atom. The standard InChI is InChI=1S/C42H27N3O/c1-5-15-28(16-6-1)34-27-37(44-42(43-34)31-21-11-4-12-22-31)45-35-24-14-13-23-32(35)39-36(45)26-25-33-38(29-17-7-2-8-18-29)40(46-41(33)39)30-19-9-3-10-20-30/h1-27H. The SMILES string of the molecule is c1ccc(-c2cc(-n3c4ccccc4c4c5oc(-c6ccccc6)c(-c6ccccc6)c5ccc43)nc(-c3ccccc3)n2)cc1. The maximum Gasteiger partial charge on any atom is 0.162 e. The van der Waals surface area contributed by atoms with Crippen molar-refractivity contribution in [1.29, 1.82) is 0 Å². The third kappa shape index (κ3) is 4.23. The number of para-hydroxylation sites is 1. The van der Waals surface area contributed by atoms with Crippen LogP contribution in [0, 0.1) is 0 Å². The lowest BCUT2D eigenvalue weighted by atomic mass is 9.98. The van der Waals surface area contributed by atoms with Crippen molar-refractivity contribution in [2.75, 3.05) is 0 Å². The van der Waals surface area contributed by atoms with E-state index in [4.69, 9.17) is 14.4 Å². The normalized spacial score (nSPS) is 11.5. The molecule has 9 aromatic rings. The number of furan rings is 1. The van der Waals surface area contributed by atoms with Gasteiger partial charge in [-0.3, -0.25) is 4.57 Å². The predicted molar refractivity (Wildman–Crippen MR) is 188 cm³/mol. The van der Waals surface area contributed by atoms with Gasteiger partial charge in [-0.15, -0.1) is 0 Å². The van der Waals surface area contributed by atoms with Gasteiger partial charge in [0.1, 0.15) is 17.2 Å². The minimum absolute atomic E-state index is 0.680. The molecule has 6 aromatic carbocycles. The first kappa shape index (κ1) is 26.2. The Balaban J connectivity index is 1.38. The van der Waals surface area contributed by atoms with Gasteiger partial charge in [-0.25, -0.2) is 9.97 Å². The van der Waals surface area contributed by atoms with Gasteiger partial charge in [0, 0.05) is 39.1 Å². The van der Waals surface area contributed by atoms with Gasteiger partial charge >= 0.3 is 0 Å². The average Bonchev–Trinajstić information content (AvgIpc) is 3.69. The molecule has 0 saturated carbocycles. The molecule has 9 rings (SSSR count). The molecule has 0 spiro atoms. The van der Waals surface area contributed by atoms with Crippen LogP contribution in [0.2, 0.25) is 0 Å². The Hall–Kier alpha value is -6.26. The van der Waals surface area contributed by atoms with E-state index >= 15 is 0 Å². The highest BCUT2D eigenvalue weighted by Crippen LogP contribution is 2.46. The smallest absolute Gasteiger partial charge is 0.162 e. The molecule has 3 heterocycles. The van der Waals surface area contributed by atoms with E-state index in [0.29, 0.717) is 5.82 Å². The summed E-state index contributed by atoms with van der Waals surface area (Å²) < 4.78 is 9.20. The molecular weight excluding hydrogens is 562 g/mol. The number of benzene rings is 6. The van der Waals surface area contributed by atoms with Gasteiger partial charge in [0.15, 0.2) is 5.82 Å². The van der Waals surface area contributed by atoms with Crippen molar-refractivity contribution in [3.63, 3.8) is 0 Å². The predicted octanol–water partition coefficient (Wildman–Crippen LogP) is 11.0. The molecule has 0 radical (unpaired) electrons.